The topological polar surface area (TPSA) is 49.6 Å². The molecular weight excluding hydrogens is 254 g/mol. The summed E-state index contributed by atoms with van der Waals surface area (Å²) in [5.41, 5.74) is 1.65. The van der Waals surface area contributed by atoms with Gasteiger partial charge in [0.1, 0.15) is 5.76 Å². The molecule has 1 saturated heterocycles. The predicted molar refractivity (Wildman–Crippen MR) is 75.8 cm³/mol. The third-order valence-corrected chi connectivity index (χ3v) is 4.51. The number of aromatic nitrogens is 1. The number of hydrogen-bond donors (Lipinski definition) is 0. The van der Waals surface area contributed by atoms with Crippen LogP contribution in [0.2, 0.25) is 0 Å². The fourth-order valence-corrected chi connectivity index (χ4v) is 3.15. The van der Waals surface area contributed by atoms with Crippen LogP contribution in [0.5, 0.6) is 0 Å². The number of fused-ring (bicyclic) bond motifs is 1. The summed E-state index contributed by atoms with van der Waals surface area (Å²) in [5.74, 6) is 1.01. The summed E-state index contributed by atoms with van der Waals surface area (Å²) in [6.45, 7) is 6.74. The van der Waals surface area contributed by atoms with E-state index in [-0.39, 0.29) is 5.91 Å². The summed E-state index contributed by atoms with van der Waals surface area (Å²) in [4.78, 5) is 16.9. The quantitative estimate of drug-likeness (QED) is 0.772. The lowest BCUT2D eigenvalue weighted by molar-refractivity contribution is 0.0632. The van der Waals surface area contributed by atoms with Gasteiger partial charge in [-0.2, -0.15) is 0 Å². The van der Waals surface area contributed by atoms with E-state index < -0.39 is 0 Å². The van der Waals surface area contributed by atoms with Crippen molar-refractivity contribution >= 4 is 5.91 Å². The Labute approximate surface area is 119 Å². The number of aryl methyl sites for hydroxylation is 1. The van der Waals surface area contributed by atoms with Crippen molar-refractivity contribution in [3.63, 3.8) is 0 Å². The second-order valence-corrected chi connectivity index (χ2v) is 5.72. The molecule has 1 aliphatic heterocycles. The fourth-order valence-electron chi connectivity index (χ4n) is 3.15. The fraction of sp³-hybridized carbons (Fsp3) is 0.733. The zero-order valence-electron chi connectivity index (χ0n) is 12.2. The van der Waals surface area contributed by atoms with Crippen molar-refractivity contribution in [2.24, 2.45) is 0 Å². The molecule has 1 amide bonds. The summed E-state index contributed by atoms with van der Waals surface area (Å²) in [7, 11) is 0. The largest absolute Gasteiger partial charge is 0.360 e. The van der Waals surface area contributed by atoms with Crippen molar-refractivity contribution in [3.05, 3.63) is 17.0 Å². The lowest BCUT2D eigenvalue weighted by Crippen LogP contribution is -2.48. The van der Waals surface area contributed by atoms with Gasteiger partial charge in [-0.15, -0.1) is 0 Å². The van der Waals surface area contributed by atoms with Gasteiger partial charge in [-0.25, -0.2) is 0 Å². The maximum atomic E-state index is 12.6. The molecule has 0 bridgehead atoms. The molecule has 0 N–H and O–H groups in total. The highest BCUT2D eigenvalue weighted by atomic mass is 16.5. The molecule has 3 rings (SSSR count). The Morgan fingerprint density at radius 1 is 1.15 bits per heavy atom. The molecule has 2 aliphatic rings. The van der Waals surface area contributed by atoms with E-state index in [1.54, 1.807) is 0 Å². The number of rotatable bonds is 2. The summed E-state index contributed by atoms with van der Waals surface area (Å²) in [6, 6.07) is 0. The maximum Gasteiger partial charge on any atom is 0.276 e. The van der Waals surface area contributed by atoms with Crippen molar-refractivity contribution in [2.45, 2.75) is 39.0 Å². The number of nitrogens with zero attached hydrogens (tertiary/aromatic N) is 3. The molecule has 2 heterocycles. The van der Waals surface area contributed by atoms with Crippen molar-refractivity contribution in [3.8, 4) is 0 Å². The Balaban J connectivity index is 1.73. The Morgan fingerprint density at radius 2 is 1.90 bits per heavy atom. The molecule has 0 saturated carbocycles. The minimum absolute atomic E-state index is 0.0626. The number of piperazine rings is 1. The number of likely N-dealkylation sites (N-methyl/N-ethyl adjacent to an activating group) is 1. The third-order valence-electron chi connectivity index (χ3n) is 4.51. The van der Waals surface area contributed by atoms with Crippen molar-refractivity contribution in [1.82, 2.24) is 15.0 Å². The first-order valence-electron chi connectivity index (χ1n) is 7.78. The summed E-state index contributed by atoms with van der Waals surface area (Å²) in [5, 5.41) is 4.07. The van der Waals surface area contributed by atoms with E-state index in [0.29, 0.717) is 5.69 Å². The van der Waals surface area contributed by atoms with E-state index >= 15 is 0 Å². The number of carbonyl (C=O) groups excluding carboxylic acids is 1. The lowest BCUT2D eigenvalue weighted by atomic mass is 10.1. The molecule has 0 unspecified atom stereocenters. The monoisotopic (exact) mass is 277 g/mol. The van der Waals surface area contributed by atoms with Crippen LogP contribution in [-0.2, 0) is 12.8 Å². The molecular formula is C15H23N3O2. The van der Waals surface area contributed by atoms with Crippen LogP contribution in [0, 0.1) is 0 Å². The lowest BCUT2D eigenvalue weighted by Gasteiger charge is -2.33. The van der Waals surface area contributed by atoms with Gasteiger partial charge in [-0.05, 0) is 25.8 Å². The first-order chi connectivity index (χ1) is 9.79. The minimum Gasteiger partial charge on any atom is -0.360 e. The molecule has 0 aromatic carbocycles. The van der Waals surface area contributed by atoms with Gasteiger partial charge in [0.05, 0.1) is 0 Å². The molecule has 5 heteroatoms. The van der Waals surface area contributed by atoms with Gasteiger partial charge in [-0.3, -0.25) is 4.79 Å². The van der Waals surface area contributed by atoms with Crippen molar-refractivity contribution in [2.75, 3.05) is 32.7 Å². The predicted octanol–water partition coefficient (Wildman–Crippen LogP) is 1.72. The molecule has 1 aromatic heterocycles. The Hall–Kier alpha value is -1.36. The van der Waals surface area contributed by atoms with E-state index in [0.717, 1.165) is 69.7 Å². The van der Waals surface area contributed by atoms with Gasteiger partial charge < -0.3 is 14.3 Å². The van der Waals surface area contributed by atoms with Crippen LogP contribution in [0.3, 0.4) is 0 Å². The van der Waals surface area contributed by atoms with Crippen LogP contribution in [0.15, 0.2) is 4.52 Å². The molecule has 110 valence electrons. The van der Waals surface area contributed by atoms with Gasteiger partial charge in [0.15, 0.2) is 5.69 Å². The summed E-state index contributed by atoms with van der Waals surface area (Å²) in [6.07, 6.45) is 5.37. The van der Waals surface area contributed by atoms with E-state index in [4.69, 9.17) is 4.52 Å². The first kappa shape index (κ1) is 13.6. The molecule has 20 heavy (non-hydrogen) atoms. The van der Waals surface area contributed by atoms with Crippen molar-refractivity contribution in [1.29, 1.82) is 0 Å². The first-order valence-corrected chi connectivity index (χ1v) is 7.78. The highest BCUT2D eigenvalue weighted by molar-refractivity contribution is 5.94. The van der Waals surface area contributed by atoms with Gasteiger partial charge in [0.25, 0.3) is 5.91 Å². The van der Waals surface area contributed by atoms with E-state index in [1.807, 2.05) is 4.90 Å². The third kappa shape index (κ3) is 2.59. The second kappa shape index (κ2) is 5.95. The van der Waals surface area contributed by atoms with Crippen LogP contribution in [0.4, 0.5) is 0 Å². The maximum absolute atomic E-state index is 12.6. The molecule has 5 nitrogen and oxygen atoms in total. The summed E-state index contributed by atoms with van der Waals surface area (Å²) >= 11 is 0. The molecule has 1 aliphatic carbocycles. The van der Waals surface area contributed by atoms with E-state index in [2.05, 4.69) is 17.0 Å². The van der Waals surface area contributed by atoms with Crippen molar-refractivity contribution < 1.29 is 9.32 Å². The SMILES string of the molecule is CCN1CCN(C(=O)c2noc3c2CCCCC3)CC1. The number of amides is 1. The molecule has 0 radical (unpaired) electrons. The Morgan fingerprint density at radius 3 is 2.65 bits per heavy atom. The van der Waals surface area contributed by atoms with Gasteiger partial charge in [-0.1, -0.05) is 18.5 Å². The number of hydrogen-bond acceptors (Lipinski definition) is 4. The number of carbonyl (C=O) groups is 1. The van der Waals surface area contributed by atoms with Crippen LogP contribution in [-0.4, -0.2) is 53.6 Å². The Kier molecular flexibility index (Phi) is 4.05. The Bertz CT molecular complexity index is 475. The van der Waals surface area contributed by atoms with Crippen LogP contribution < -0.4 is 0 Å². The van der Waals surface area contributed by atoms with Gasteiger partial charge in [0.2, 0.25) is 0 Å². The molecule has 0 atom stereocenters. The molecule has 1 fully saturated rings. The second-order valence-electron chi connectivity index (χ2n) is 5.72. The molecule has 0 spiro atoms. The normalized spacial score (nSPS) is 20.6. The summed E-state index contributed by atoms with van der Waals surface area (Å²) < 4.78 is 5.41. The van der Waals surface area contributed by atoms with Crippen LogP contribution in [0.25, 0.3) is 0 Å². The smallest absolute Gasteiger partial charge is 0.276 e. The standard InChI is InChI=1S/C15H23N3O2/c1-2-17-8-10-18(11-9-17)15(19)14-12-6-4-3-5-7-13(12)20-16-14/h2-11H2,1H3. The van der Waals surface area contributed by atoms with E-state index in [9.17, 15) is 4.79 Å². The highest BCUT2D eigenvalue weighted by Crippen LogP contribution is 2.24. The minimum atomic E-state index is 0.0626. The van der Waals surface area contributed by atoms with Crippen LogP contribution >= 0.6 is 0 Å². The van der Waals surface area contributed by atoms with Crippen LogP contribution in [0.1, 0.15) is 48.0 Å². The highest BCUT2D eigenvalue weighted by Gasteiger charge is 2.28. The molecule has 1 aromatic rings. The van der Waals surface area contributed by atoms with Gasteiger partial charge >= 0.3 is 0 Å². The zero-order valence-corrected chi connectivity index (χ0v) is 12.2. The van der Waals surface area contributed by atoms with E-state index in [1.165, 1.54) is 6.42 Å². The average molecular weight is 277 g/mol. The van der Waals surface area contributed by atoms with Gasteiger partial charge in [0, 0.05) is 38.2 Å². The zero-order chi connectivity index (χ0) is 13.9. The average Bonchev–Trinajstić information content (AvgIpc) is 2.75.